The van der Waals surface area contributed by atoms with Gasteiger partial charge in [0, 0.05) is 28.9 Å². The third-order valence-corrected chi connectivity index (χ3v) is 10.6. The molecule has 1 aliphatic carbocycles. The smallest absolute Gasteiger partial charge is 0.315 e. The maximum atomic E-state index is 14.2. The highest BCUT2D eigenvalue weighted by Gasteiger charge is 2.50. The van der Waals surface area contributed by atoms with Crippen LogP contribution in [0.15, 0.2) is 151 Å². The Balaban J connectivity index is 1.42. The molecule has 48 heavy (non-hydrogen) atoms. The first-order valence-corrected chi connectivity index (χ1v) is 17.4. The van der Waals surface area contributed by atoms with Crippen molar-refractivity contribution in [2.24, 2.45) is 5.92 Å². The number of carbonyl (C=O) groups excluding carboxylic acids is 1. The highest BCUT2D eigenvalue weighted by atomic mass is 32.2. The molecule has 0 saturated heterocycles. The predicted octanol–water partition coefficient (Wildman–Crippen LogP) is 8.20. The lowest BCUT2D eigenvalue weighted by Crippen LogP contribution is -2.31. The van der Waals surface area contributed by atoms with Crippen molar-refractivity contribution in [1.29, 1.82) is 0 Å². The SMILES string of the molecule is COc1ccccc1[C@@H](/C=C(\NS(=O)(=O)c1ccc(C)cc1)c1ccccc1)[C@@H]1c2ccccc2[C@H]2C=C(c3ccccc3)OC(=O)[C@@H]12. The van der Waals surface area contributed by atoms with Gasteiger partial charge in [-0.1, -0.05) is 127 Å². The van der Waals surface area contributed by atoms with E-state index in [1.165, 1.54) is 0 Å². The van der Waals surface area contributed by atoms with Crippen LogP contribution >= 0.6 is 0 Å². The Morgan fingerprint density at radius 1 is 0.792 bits per heavy atom. The highest BCUT2D eigenvalue weighted by molar-refractivity contribution is 7.89. The molecule has 5 aromatic carbocycles. The van der Waals surface area contributed by atoms with Crippen LogP contribution in [-0.2, 0) is 19.6 Å². The molecular formula is C41H35NO5S. The number of sulfonamides is 1. The van der Waals surface area contributed by atoms with E-state index in [0.29, 0.717) is 22.8 Å². The number of aryl methyl sites for hydroxylation is 1. The molecule has 4 atom stereocenters. The molecule has 0 spiro atoms. The van der Waals surface area contributed by atoms with Crippen molar-refractivity contribution in [1.82, 2.24) is 4.72 Å². The van der Waals surface area contributed by atoms with E-state index < -0.39 is 27.8 Å². The van der Waals surface area contributed by atoms with Gasteiger partial charge in [-0.2, -0.15) is 0 Å². The van der Waals surface area contributed by atoms with Crippen LogP contribution in [-0.4, -0.2) is 21.5 Å². The van der Waals surface area contributed by atoms with Gasteiger partial charge in [-0.15, -0.1) is 0 Å². The Labute approximate surface area is 281 Å². The van der Waals surface area contributed by atoms with Crippen LogP contribution in [0.2, 0.25) is 0 Å². The number of hydrogen-bond donors (Lipinski definition) is 1. The molecule has 5 aromatic rings. The second-order valence-corrected chi connectivity index (χ2v) is 13.8. The lowest BCUT2D eigenvalue weighted by molar-refractivity contribution is -0.143. The zero-order valence-electron chi connectivity index (χ0n) is 26.6. The van der Waals surface area contributed by atoms with Crippen molar-refractivity contribution in [2.45, 2.75) is 29.6 Å². The Morgan fingerprint density at radius 3 is 2.12 bits per heavy atom. The zero-order valence-corrected chi connectivity index (χ0v) is 27.4. The van der Waals surface area contributed by atoms with E-state index >= 15 is 0 Å². The van der Waals surface area contributed by atoms with Gasteiger partial charge in [-0.3, -0.25) is 9.52 Å². The minimum atomic E-state index is -3.97. The Kier molecular flexibility index (Phi) is 8.46. The van der Waals surface area contributed by atoms with E-state index in [9.17, 15) is 13.2 Å². The van der Waals surface area contributed by atoms with E-state index in [-0.39, 0.29) is 16.8 Å². The summed E-state index contributed by atoms with van der Waals surface area (Å²) in [6.45, 7) is 1.91. The van der Waals surface area contributed by atoms with E-state index in [1.807, 2.05) is 110 Å². The fraction of sp³-hybridized carbons (Fsp3) is 0.146. The number of ether oxygens (including phenoxy) is 2. The standard InChI is InChI=1S/C41H35NO5S/c1-27-21-23-30(24-22-27)48(44,45)42-36(28-13-5-3-6-14-28)25-34(32-18-11-12-20-37(32)46-2)39-33-19-10-9-17-31(33)35-26-38(47-41(43)40(35)39)29-15-7-4-8-16-29/h3-26,34-35,39-40,42H,1-2H3/b36-25-/t34-,35-,39+,40-/m1/s1. The molecule has 1 heterocycles. The van der Waals surface area contributed by atoms with Crippen LogP contribution in [0.3, 0.4) is 0 Å². The van der Waals surface area contributed by atoms with Crippen LogP contribution in [0.1, 0.15) is 51.1 Å². The van der Waals surface area contributed by atoms with Crippen molar-refractivity contribution in [3.8, 4) is 5.75 Å². The molecule has 6 nitrogen and oxygen atoms in total. The molecule has 7 rings (SSSR count). The average molecular weight is 654 g/mol. The summed E-state index contributed by atoms with van der Waals surface area (Å²) in [4.78, 5) is 14.4. The van der Waals surface area contributed by atoms with E-state index in [2.05, 4.69) is 22.9 Å². The van der Waals surface area contributed by atoms with Crippen molar-refractivity contribution < 1.29 is 22.7 Å². The van der Waals surface area contributed by atoms with Crippen molar-refractivity contribution in [2.75, 3.05) is 7.11 Å². The lowest BCUT2D eigenvalue weighted by Gasteiger charge is -2.32. The Morgan fingerprint density at radius 2 is 1.42 bits per heavy atom. The normalized spacial score (nSPS) is 19.4. The van der Waals surface area contributed by atoms with Crippen molar-refractivity contribution in [3.63, 3.8) is 0 Å². The molecule has 240 valence electrons. The number of nitrogens with one attached hydrogen (secondary N) is 1. The fourth-order valence-electron chi connectivity index (χ4n) is 7.00. The third kappa shape index (κ3) is 5.93. The van der Waals surface area contributed by atoms with Gasteiger partial charge in [0.05, 0.1) is 23.6 Å². The number of carbonyl (C=O) groups is 1. The van der Waals surface area contributed by atoms with Crippen molar-refractivity contribution in [3.05, 3.63) is 179 Å². The quantitative estimate of drug-likeness (QED) is 0.162. The third-order valence-electron chi connectivity index (χ3n) is 9.25. The van der Waals surface area contributed by atoms with Gasteiger partial charge in [-0.25, -0.2) is 8.42 Å². The summed E-state index contributed by atoms with van der Waals surface area (Å²) in [5.41, 5.74) is 5.77. The number of esters is 1. The van der Waals surface area contributed by atoms with Crippen LogP contribution in [0.4, 0.5) is 0 Å². The molecule has 0 bridgehead atoms. The second kappa shape index (κ2) is 13.0. The number of cyclic esters (lactones) is 1. The molecule has 0 amide bonds. The highest BCUT2D eigenvalue weighted by Crippen LogP contribution is 2.57. The molecule has 0 saturated carbocycles. The monoisotopic (exact) mass is 653 g/mol. The van der Waals surface area contributed by atoms with Gasteiger partial charge >= 0.3 is 5.97 Å². The first-order chi connectivity index (χ1) is 23.3. The van der Waals surface area contributed by atoms with Gasteiger partial charge in [0.15, 0.2) is 0 Å². The molecular weight excluding hydrogens is 619 g/mol. The summed E-state index contributed by atoms with van der Waals surface area (Å²) in [5, 5.41) is 0. The summed E-state index contributed by atoms with van der Waals surface area (Å²) in [6.07, 6.45) is 3.99. The molecule has 1 aliphatic heterocycles. The first kappa shape index (κ1) is 31.2. The van der Waals surface area contributed by atoms with Crippen LogP contribution in [0, 0.1) is 12.8 Å². The van der Waals surface area contributed by atoms with Crippen LogP contribution in [0.5, 0.6) is 5.75 Å². The molecule has 0 radical (unpaired) electrons. The van der Waals surface area contributed by atoms with E-state index in [4.69, 9.17) is 9.47 Å². The molecule has 1 N–H and O–H groups in total. The van der Waals surface area contributed by atoms with Gasteiger partial charge < -0.3 is 9.47 Å². The van der Waals surface area contributed by atoms with Gasteiger partial charge in [-0.05, 0) is 47.9 Å². The topological polar surface area (TPSA) is 81.7 Å². The molecule has 0 unspecified atom stereocenters. The minimum absolute atomic E-state index is 0.157. The van der Waals surface area contributed by atoms with Gasteiger partial charge in [0.25, 0.3) is 10.0 Å². The molecule has 0 aromatic heterocycles. The predicted molar refractivity (Wildman–Crippen MR) is 188 cm³/mol. The largest absolute Gasteiger partial charge is 0.496 e. The summed E-state index contributed by atoms with van der Waals surface area (Å²) in [7, 11) is -2.36. The average Bonchev–Trinajstić information content (AvgIpc) is 3.45. The maximum absolute atomic E-state index is 14.2. The van der Waals surface area contributed by atoms with Crippen molar-refractivity contribution >= 4 is 27.4 Å². The van der Waals surface area contributed by atoms with Gasteiger partial charge in [0.2, 0.25) is 0 Å². The fourth-order valence-corrected chi connectivity index (χ4v) is 8.09. The first-order valence-electron chi connectivity index (χ1n) is 15.9. The number of para-hydroxylation sites is 1. The Hall–Kier alpha value is -5.40. The number of fused-ring (bicyclic) bond motifs is 3. The lowest BCUT2D eigenvalue weighted by atomic mass is 9.74. The summed E-state index contributed by atoms with van der Waals surface area (Å²) in [6, 6.07) is 41.6. The minimum Gasteiger partial charge on any atom is -0.496 e. The number of methoxy groups -OCH3 is 1. The Bertz CT molecular complexity index is 2120. The maximum Gasteiger partial charge on any atom is 0.315 e. The van der Waals surface area contributed by atoms with E-state index in [0.717, 1.165) is 27.8 Å². The summed E-state index contributed by atoms with van der Waals surface area (Å²) < 4.78 is 42.6. The number of rotatable bonds is 9. The van der Waals surface area contributed by atoms with Gasteiger partial charge in [0.1, 0.15) is 11.5 Å². The molecule has 0 fully saturated rings. The van der Waals surface area contributed by atoms with Crippen LogP contribution < -0.4 is 9.46 Å². The summed E-state index contributed by atoms with van der Waals surface area (Å²) >= 11 is 0. The number of hydrogen-bond acceptors (Lipinski definition) is 5. The van der Waals surface area contributed by atoms with E-state index in [1.54, 1.807) is 31.4 Å². The summed E-state index contributed by atoms with van der Waals surface area (Å²) in [5.74, 6) is -0.837. The number of benzene rings is 5. The van der Waals surface area contributed by atoms with Crippen LogP contribution in [0.25, 0.3) is 11.5 Å². The molecule has 2 aliphatic rings. The second-order valence-electron chi connectivity index (χ2n) is 12.2. The number of allylic oxidation sites excluding steroid dienone is 2. The molecule has 7 heteroatoms. The zero-order chi connectivity index (χ0) is 33.3.